The number of carbonyl (C=O) groups is 1. The highest BCUT2D eigenvalue weighted by Gasteiger charge is 2.65. The second kappa shape index (κ2) is 9.61. The summed E-state index contributed by atoms with van der Waals surface area (Å²) >= 11 is 0. The SMILES string of the molecule is CCOc1ccc(S(OS(=O)(=O)CC23CCC(CC2=O)C3(C)C)(c2ccccc2)c2ccccc2)cc1. The molecule has 7 heteroatoms. The first-order valence-electron chi connectivity index (χ1n) is 12.8. The van der Waals surface area contributed by atoms with E-state index in [1.54, 1.807) is 0 Å². The third-order valence-electron chi connectivity index (χ3n) is 8.38. The van der Waals surface area contributed by atoms with Crippen molar-refractivity contribution >= 4 is 26.2 Å². The molecule has 0 radical (unpaired) electrons. The van der Waals surface area contributed by atoms with Crippen LogP contribution in [0.25, 0.3) is 0 Å². The van der Waals surface area contributed by atoms with Crippen molar-refractivity contribution in [2.45, 2.75) is 54.7 Å². The first-order chi connectivity index (χ1) is 17.6. The van der Waals surface area contributed by atoms with E-state index in [0.717, 1.165) is 21.1 Å². The predicted molar refractivity (Wildman–Crippen MR) is 146 cm³/mol. The average Bonchev–Trinajstić information content (AvgIpc) is 3.23. The zero-order chi connectivity index (χ0) is 26.3. The van der Waals surface area contributed by atoms with Gasteiger partial charge in [-0.25, -0.2) is 3.63 Å². The lowest BCUT2D eigenvalue weighted by Gasteiger charge is -2.41. The Morgan fingerprint density at radius 2 is 1.38 bits per heavy atom. The van der Waals surface area contributed by atoms with E-state index < -0.39 is 25.8 Å². The summed E-state index contributed by atoms with van der Waals surface area (Å²) in [5.41, 5.74) is -1.29. The molecule has 0 amide bonds. The first kappa shape index (κ1) is 26.0. The summed E-state index contributed by atoms with van der Waals surface area (Å²) in [4.78, 5) is 15.5. The molecule has 2 aliphatic carbocycles. The standard InChI is InChI=1S/C30H34O5S2/c1-4-34-24-15-17-27(18-16-24)37(25-11-7-5-8-12-25,26-13-9-6-10-14-26)35-36(32,33)22-30-20-19-23(21-28(30)31)29(30,2)3/h5-18,23H,4,19-22H2,1-3H3. The Bertz CT molecular complexity index is 1330. The minimum absolute atomic E-state index is 0.0574. The molecule has 2 aliphatic rings. The minimum atomic E-state index is -4.15. The van der Waals surface area contributed by atoms with Crippen molar-refractivity contribution in [1.29, 1.82) is 0 Å². The molecule has 3 aromatic rings. The Hall–Kier alpha value is -2.61. The summed E-state index contributed by atoms with van der Waals surface area (Å²) in [6.45, 7) is 6.55. The number of ketones is 1. The highest BCUT2D eigenvalue weighted by molar-refractivity contribution is 8.33. The van der Waals surface area contributed by atoms with Crippen LogP contribution in [0, 0.1) is 16.7 Å². The molecule has 3 aromatic carbocycles. The summed E-state index contributed by atoms with van der Waals surface area (Å²) in [6, 6.07) is 26.6. The van der Waals surface area contributed by atoms with Gasteiger partial charge in [0.25, 0.3) is 10.1 Å². The Labute approximate surface area is 221 Å². The Morgan fingerprint density at radius 3 is 1.84 bits per heavy atom. The van der Waals surface area contributed by atoms with Crippen molar-refractivity contribution in [1.82, 2.24) is 0 Å². The van der Waals surface area contributed by atoms with Gasteiger partial charge in [-0.05, 0) is 89.9 Å². The van der Waals surface area contributed by atoms with Gasteiger partial charge < -0.3 is 4.74 Å². The molecule has 2 fully saturated rings. The van der Waals surface area contributed by atoms with Crippen molar-refractivity contribution < 1.29 is 21.6 Å². The van der Waals surface area contributed by atoms with E-state index in [-0.39, 0.29) is 22.9 Å². The van der Waals surface area contributed by atoms with Crippen LogP contribution >= 0.6 is 10.3 Å². The van der Waals surface area contributed by atoms with Crippen LogP contribution in [-0.2, 0) is 18.5 Å². The lowest BCUT2D eigenvalue weighted by atomic mass is 9.70. The highest BCUT2D eigenvalue weighted by atomic mass is 32.3. The van der Waals surface area contributed by atoms with Gasteiger partial charge in [0.15, 0.2) is 0 Å². The van der Waals surface area contributed by atoms with Crippen molar-refractivity contribution in [3.63, 3.8) is 0 Å². The van der Waals surface area contributed by atoms with Gasteiger partial charge in [-0.15, -0.1) is 0 Å². The maximum atomic E-state index is 14.1. The molecule has 0 N–H and O–H groups in total. The van der Waals surface area contributed by atoms with Crippen LogP contribution < -0.4 is 4.74 Å². The topological polar surface area (TPSA) is 69.7 Å². The van der Waals surface area contributed by atoms with Gasteiger partial charge in [0.1, 0.15) is 11.5 Å². The summed E-state index contributed by atoms with van der Waals surface area (Å²) < 4.78 is 40.4. The van der Waals surface area contributed by atoms with Gasteiger partial charge in [0, 0.05) is 21.1 Å². The van der Waals surface area contributed by atoms with Crippen molar-refractivity contribution in [2.24, 2.45) is 16.7 Å². The fraction of sp³-hybridized carbons (Fsp3) is 0.367. The molecule has 2 saturated carbocycles. The van der Waals surface area contributed by atoms with Crippen molar-refractivity contribution in [3.05, 3.63) is 84.9 Å². The largest absolute Gasteiger partial charge is 0.494 e. The summed E-state index contributed by atoms with van der Waals surface area (Å²) in [7, 11) is -6.84. The normalized spacial score (nSPS) is 23.2. The Balaban J connectivity index is 1.66. The molecule has 0 aliphatic heterocycles. The smallest absolute Gasteiger partial charge is 0.278 e. The van der Waals surface area contributed by atoms with Crippen LogP contribution in [0.15, 0.2) is 99.6 Å². The van der Waals surface area contributed by atoms with E-state index in [1.807, 2.05) is 106 Å². The third-order valence-corrected chi connectivity index (χ3v) is 13.7. The number of ether oxygens (including phenoxy) is 1. The molecular weight excluding hydrogens is 504 g/mol. The lowest BCUT2D eigenvalue weighted by Crippen LogP contribution is -2.42. The molecule has 2 atom stereocenters. The number of fused-ring (bicyclic) bond motifs is 2. The number of rotatable bonds is 9. The number of Topliss-reactive ketones (excluding diaryl/α,β-unsaturated/α-hetero) is 1. The molecule has 5 nitrogen and oxygen atoms in total. The predicted octanol–water partition coefficient (Wildman–Crippen LogP) is 7.02. The van der Waals surface area contributed by atoms with Gasteiger partial charge in [0.05, 0.1) is 17.8 Å². The van der Waals surface area contributed by atoms with E-state index in [2.05, 4.69) is 0 Å². The lowest BCUT2D eigenvalue weighted by molar-refractivity contribution is -0.128. The average molecular weight is 539 g/mol. The molecule has 196 valence electrons. The molecule has 0 heterocycles. The van der Waals surface area contributed by atoms with Crippen LogP contribution in [0.5, 0.6) is 5.75 Å². The van der Waals surface area contributed by atoms with E-state index >= 15 is 0 Å². The van der Waals surface area contributed by atoms with Crippen molar-refractivity contribution in [2.75, 3.05) is 12.4 Å². The third kappa shape index (κ3) is 4.31. The second-order valence-electron chi connectivity index (χ2n) is 10.5. The first-order valence-corrected chi connectivity index (χ1v) is 15.9. The zero-order valence-corrected chi connectivity index (χ0v) is 23.2. The van der Waals surface area contributed by atoms with Crippen LogP contribution in [0.4, 0.5) is 0 Å². The minimum Gasteiger partial charge on any atom is -0.494 e. The molecule has 0 saturated heterocycles. The van der Waals surface area contributed by atoms with Gasteiger partial charge in [-0.3, -0.25) is 4.79 Å². The monoisotopic (exact) mass is 538 g/mol. The summed E-state index contributed by atoms with van der Waals surface area (Å²) in [5.74, 6) is 0.690. The Kier molecular flexibility index (Phi) is 6.75. The second-order valence-corrected chi connectivity index (χ2v) is 15.0. The molecule has 0 aromatic heterocycles. The number of hydrogen-bond acceptors (Lipinski definition) is 5. The molecule has 37 heavy (non-hydrogen) atoms. The van der Waals surface area contributed by atoms with E-state index in [0.29, 0.717) is 25.2 Å². The number of benzene rings is 3. The van der Waals surface area contributed by atoms with E-state index in [9.17, 15) is 13.2 Å². The molecule has 5 rings (SSSR count). The van der Waals surface area contributed by atoms with E-state index in [4.69, 9.17) is 8.37 Å². The van der Waals surface area contributed by atoms with Gasteiger partial charge in [0.2, 0.25) is 0 Å². The van der Waals surface area contributed by atoms with E-state index in [1.165, 1.54) is 0 Å². The molecule has 0 spiro atoms. The summed E-state index contributed by atoms with van der Waals surface area (Å²) in [6.07, 6.45) is 1.92. The fourth-order valence-electron chi connectivity index (χ4n) is 6.23. The van der Waals surface area contributed by atoms with Gasteiger partial charge in [-0.2, -0.15) is 8.42 Å². The fourth-order valence-corrected chi connectivity index (χ4v) is 12.3. The number of carbonyl (C=O) groups excluding carboxylic acids is 1. The van der Waals surface area contributed by atoms with Crippen LogP contribution in [0.2, 0.25) is 0 Å². The maximum absolute atomic E-state index is 14.1. The highest BCUT2D eigenvalue weighted by Crippen LogP contribution is 2.71. The molecule has 2 unspecified atom stereocenters. The Morgan fingerprint density at radius 1 is 0.838 bits per heavy atom. The molecule has 2 bridgehead atoms. The molecular formula is C30H34O5S2. The van der Waals surface area contributed by atoms with Crippen molar-refractivity contribution in [3.8, 4) is 5.75 Å². The van der Waals surface area contributed by atoms with Crippen LogP contribution in [0.1, 0.15) is 40.0 Å². The van der Waals surface area contributed by atoms with Crippen LogP contribution in [-0.4, -0.2) is 26.6 Å². The number of hydrogen-bond donors (Lipinski definition) is 0. The maximum Gasteiger partial charge on any atom is 0.278 e. The quantitative estimate of drug-likeness (QED) is 0.293. The summed E-state index contributed by atoms with van der Waals surface area (Å²) in [5, 5.41) is 0. The van der Waals surface area contributed by atoms with Crippen LogP contribution in [0.3, 0.4) is 0 Å². The zero-order valence-electron chi connectivity index (χ0n) is 21.6. The van der Waals surface area contributed by atoms with Gasteiger partial charge in [-0.1, -0.05) is 50.2 Å². The van der Waals surface area contributed by atoms with Gasteiger partial charge >= 0.3 is 0 Å².